The number of non-ortho nitro benzene ring substituents is 1. The zero-order valence-electron chi connectivity index (χ0n) is 14.1. The Bertz CT molecular complexity index is 890. The second-order valence-corrected chi connectivity index (χ2v) is 6.28. The molecule has 0 aliphatic heterocycles. The second-order valence-electron chi connectivity index (χ2n) is 5.37. The molecule has 0 spiro atoms. The van der Waals surface area contributed by atoms with Crippen LogP contribution in [0.1, 0.15) is 15.9 Å². The van der Waals surface area contributed by atoms with Gasteiger partial charge in [0.2, 0.25) is 0 Å². The molecule has 2 aromatic carbocycles. The van der Waals surface area contributed by atoms with Crippen molar-refractivity contribution in [2.75, 3.05) is 6.54 Å². The Balaban J connectivity index is 2.25. The number of benzene rings is 2. The number of nitro groups is 1. The molecule has 0 radical (unpaired) electrons. The molecule has 0 aliphatic carbocycles. The molecule has 2 N–H and O–H groups in total. The Kier molecular flexibility index (Phi) is 7.01. The molecule has 2 amide bonds. The third-order valence-corrected chi connectivity index (χ3v) is 3.95. The van der Waals surface area contributed by atoms with Crippen LogP contribution in [-0.2, 0) is 4.79 Å². The summed E-state index contributed by atoms with van der Waals surface area (Å²) in [6, 6.07) is 12.3. The molecular formula is C19H16BrN3O4. The summed E-state index contributed by atoms with van der Waals surface area (Å²) in [5, 5.41) is 15.9. The molecule has 0 unspecified atom stereocenters. The first-order valence-corrected chi connectivity index (χ1v) is 8.62. The number of amides is 2. The van der Waals surface area contributed by atoms with Crippen LogP contribution in [0.15, 0.2) is 71.4 Å². The van der Waals surface area contributed by atoms with Gasteiger partial charge in [-0.15, -0.1) is 6.58 Å². The van der Waals surface area contributed by atoms with Gasteiger partial charge in [0.15, 0.2) is 0 Å². The minimum atomic E-state index is -0.554. The van der Waals surface area contributed by atoms with Gasteiger partial charge in [-0.2, -0.15) is 0 Å². The van der Waals surface area contributed by atoms with Crippen LogP contribution in [0.25, 0.3) is 6.08 Å². The number of halogens is 1. The van der Waals surface area contributed by atoms with Crippen molar-refractivity contribution in [2.45, 2.75) is 0 Å². The third kappa shape index (κ3) is 5.89. The fourth-order valence-corrected chi connectivity index (χ4v) is 2.34. The summed E-state index contributed by atoms with van der Waals surface area (Å²) in [7, 11) is 0. The molecule has 138 valence electrons. The van der Waals surface area contributed by atoms with E-state index in [4.69, 9.17) is 0 Å². The minimum Gasteiger partial charge on any atom is -0.347 e. The fourth-order valence-electron chi connectivity index (χ4n) is 2.07. The highest BCUT2D eigenvalue weighted by molar-refractivity contribution is 9.10. The number of nitrogens with one attached hydrogen (secondary N) is 2. The Hall–Kier alpha value is -3.26. The Morgan fingerprint density at radius 2 is 1.74 bits per heavy atom. The van der Waals surface area contributed by atoms with E-state index in [1.54, 1.807) is 12.1 Å². The maximum Gasteiger partial charge on any atom is 0.269 e. The summed E-state index contributed by atoms with van der Waals surface area (Å²) in [5.74, 6) is -1.03. The average Bonchev–Trinajstić information content (AvgIpc) is 2.67. The van der Waals surface area contributed by atoms with E-state index < -0.39 is 16.7 Å². The lowest BCUT2D eigenvalue weighted by molar-refractivity contribution is -0.384. The van der Waals surface area contributed by atoms with Gasteiger partial charge in [-0.25, -0.2) is 0 Å². The molecule has 0 fully saturated rings. The van der Waals surface area contributed by atoms with E-state index in [1.165, 1.54) is 36.4 Å². The second kappa shape index (κ2) is 9.44. The van der Waals surface area contributed by atoms with Crippen LogP contribution in [0.5, 0.6) is 0 Å². The van der Waals surface area contributed by atoms with Crippen LogP contribution in [0.2, 0.25) is 0 Å². The van der Waals surface area contributed by atoms with Gasteiger partial charge in [-0.3, -0.25) is 19.7 Å². The number of nitro benzene ring substituents is 1. The highest BCUT2D eigenvalue weighted by atomic mass is 79.9. The van der Waals surface area contributed by atoms with Crippen molar-refractivity contribution in [3.8, 4) is 0 Å². The largest absolute Gasteiger partial charge is 0.347 e. The first-order valence-electron chi connectivity index (χ1n) is 7.83. The summed E-state index contributed by atoms with van der Waals surface area (Å²) in [6.45, 7) is 3.77. The van der Waals surface area contributed by atoms with E-state index in [0.717, 1.165) is 4.47 Å². The molecule has 0 aromatic heterocycles. The van der Waals surface area contributed by atoms with E-state index in [0.29, 0.717) is 5.56 Å². The van der Waals surface area contributed by atoms with Gasteiger partial charge in [-0.1, -0.05) is 34.1 Å². The highest BCUT2D eigenvalue weighted by Gasteiger charge is 2.15. The van der Waals surface area contributed by atoms with Crippen molar-refractivity contribution < 1.29 is 14.5 Å². The lowest BCUT2D eigenvalue weighted by atomic mass is 10.1. The van der Waals surface area contributed by atoms with Gasteiger partial charge >= 0.3 is 0 Å². The lowest BCUT2D eigenvalue weighted by Gasteiger charge is -2.10. The lowest BCUT2D eigenvalue weighted by Crippen LogP contribution is -2.34. The minimum absolute atomic E-state index is 0.0440. The van der Waals surface area contributed by atoms with Gasteiger partial charge < -0.3 is 10.6 Å². The summed E-state index contributed by atoms with van der Waals surface area (Å²) in [5.41, 5.74) is 0.827. The molecule has 27 heavy (non-hydrogen) atoms. The van der Waals surface area contributed by atoms with Crippen LogP contribution in [-0.4, -0.2) is 23.3 Å². The molecule has 0 heterocycles. The summed E-state index contributed by atoms with van der Waals surface area (Å²) in [6.07, 6.45) is 3.06. The predicted molar refractivity (Wildman–Crippen MR) is 106 cm³/mol. The van der Waals surface area contributed by atoms with E-state index >= 15 is 0 Å². The van der Waals surface area contributed by atoms with Gasteiger partial charge in [-0.05, 0) is 35.9 Å². The molecule has 7 nitrogen and oxygen atoms in total. The number of rotatable bonds is 7. The SMILES string of the molecule is C=CCNC(=O)/C(=C/c1ccc(Br)cc1)NC(=O)c1ccc([N+](=O)[O-])cc1. The van der Waals surface area contributed by atoms with Crippen LogP contribution in [0, 0.1) is 10.1 Å². The number of hydrogen-bond donors (Lipinski definition) is 2. The molecule has 0 bridgehead atoms. The van der Waals surface area contributed by atoms with Crippen LogP contribution in [0.3, 0.4) is 0 Å². The first-order chi connectivity index (χ1) is 12.9. The van der Waals surface area contributed by atoms with Gasteiger partial charge in [0, 0.05) is 28.7 Å². The van der Waals surface area contributed by atoms with E-state index in [-0.39, 0.29) is 23.5 Å². The van der Waals surface area contributed by atoms with E-state index in [9.17, 15) is 19.7 Å². The Morgan fingerprint density at radius 1 is 1.11 bits per heavy atom. The van der Waals surface area contributed by atoms with Crippen LogP contribution >= 0.6 is 15.9 Å². The maximum absolute atomic E-state index is 12.4. The molecule has 2 rings (SSSR count). The van der Waals surface area contributed by atoms with Crippen molar-refractivity contribution in [1.29, 1.82) is 0 Å². The van der Waals surface area contributed by atoms with Crippen molar-refractivity contribution in [1.82, 2.24) is 10.6 Å². The monoisotopic (exact) mass is 429 g/mol. The predicted octanol–water partition coefficient (Wildman–Crippen LogP) is 3.43. The van der Waals surface area contributed by atoms with Crippen molar-refractivity contribution in [2.24, 2.45) is 0 Å². The summed E-state index contributed by atoms with van der Waals surface area (Å²) >= 11 is 3.33. The molecule has 0 saturated heterocycles. The number of hydrogen-bond acceptors (Lipinski definition) is 4. The number of carbonyl (C=O) groups is 2. The Labute approximate surface area is 164 Å². The molecule has 0 saturated carbocycles. The van der Waals surface area contributed by atoms with E-state index in [1.807, 2.05) is 12.1 Å². The van der Waals surface area contributed by atoms with Crippen molar-refractivity contribution in [3.05, 3.63) is 92.6 Å². The third-order valence-electron chi connectivity index (χ3n) is 3.42. The topological polar surface area (TPSA) is 101 Å². The van der Waals surface area contributed by atoms with Gasteiger partial charge in [0.25, 0.3) is 17.5 Å². The van der Waals surface area contributed by atoms with Crippen LogP contribution < -0.4 is 10.6 Å². The molecule has 0 atom stereocenters. The van der Waals surface area contributed by atoms with E-state index in [2.05, 4.69) is 33.1 Å². The quantitative estimate of drug-likeness (QED) is 0.304. The molecule has 0 aliphatic rings. The van der Waals surface area contributed by atoms with Gasteiger partial charge in [0.1, 0.15) is 5.70 Å². The smallest absolute Gasteiger partial charge is 0.269 e. The van der Waals surface area contributed by atoms with Crippen molar-refractivity contribution in [3.63, 3.8) is 0 Å². The zero-order valence-corrected chi connectivity index (χ0v) is 15.7. The number of carbonyl (C=O) groups excluding carboxylic acids is 2. The van der Waals surface area contributed by atoms with Crippen LogP contribution in [0.4, 0.5) is 5.69 Å². The summed E-state index contributed by atoms with van der Waals surface area (Å²) < 4.78 is 0.882. The normalized spacial score (nSPS) is 10.8. The fraction of sp³-hybridized carbons (Fsp3) is 0.0526. The van der Waals surface area contributed by atoms with Gasteiger partial charge in [0.05, 0.1) is 4.92 Å². The van der Waals surface area contributed by atoms with Crippen molar-refractivity contribution >= 4 is 39.5 Å². The number of nitrogens with zero attached hydrogens (tertiary/aromatic N) is 1. The standard InChI is InChI=1S/C19H16BrN3O4/c1-2-11-21-19(25)17(12-13-3-7-15(20)8-4-13)22-18(24)14-5-9-16(10-6-14)23(26)27/h2-10,12H,1,11H2,(H,21,25)(H,22,24)/b17-12-. The summed E-state index contributed by atoms with van der Waals surface area (Å²) in [4.78, 5) is 34.9. The molecular weight excluding hydrogens is 414 g/mol. The first kappa shape index (κ1) is 20.1. The molecule has 8 heteroatoms. The Morgan fingerprint density at radius 3 is 2.30 bits per heavy atom. The zero-order chi connectivity index (χ0) is 19.8. The maximum atomic E-state index is 12.4. The molecule has 2 aromatic rings. The highest BCUT2D eigenvalue weighted by Crippen LogP contribution is 2.14. The average molecular weight is 430 g/mol.